The summed E-state index contributed by atoms with van der Waals surface area (Å²) in [5.41, 5.74) is -2.42. The van der Waals surface area contributed by atoms with Crippen LogP contribution >= 0.6 is 26.6 Å². The van der Waals surface area contributed by atoms with E-state index in [1.165, 1.54) is 0 Å². The molecular weight excluding hydrogens is 420 g/mol. The molecule has 0 aliphatic heterocycles. The number of pyridine rings is 1. The first-order chi connectivity index (χ1) is 9.25. The highest BCUT2D eigenvalue weighted by molar-refractivity contribution is 9.08. The van der Waals surface area contributed by atoms with E-state index in [-0.39, 0.29) is 6.07 Å². The third kappa shape index (κ3) is 4.88. The van der Waals surface area contributed by atoms with E-state index in [0.29, 0.717) is 0 Å². The zero-order valence-electron chi connectivity index (χ0n) is 9.39. The molecule has 4 nitrogen and oxygen atoms in total. The molecule has 1 aromatic heterocycles. The van der Waals surface area contributed by atoms with E-state index in [1.807, 2.05) is 0 Å². The van der Waals surface area contributed by atoms with E-state index in [9.17, 15) is 34.8 Å². The van der Waals surface area contributed by atoms with Crippen LogP contribution in [0.15, 0.2) is 11.0 Å². The van der Waals surface area contributed by atoms with E-state index in [4.69, 9.17) is 10.7 Å². The first-order valence-electron chi connectivity index (χ1n) is 4.63. The minimum absolute atomic E-state index is 0.257. The van der Waals surface area contributed by atoms with E-state index >= 15 is 0 Å². The van der Waals surface area contributed by atoms with Crippen LogP contribution in [0.1, 0.15) is 11.3 Å². The number of halogens is 8. The number of rotatable bonds is 3. The summed E-state index contributed by atoms with van der Waals surface area (Å²) in [6, 6.07) is 0.257. The van der Waals surface area contributed by atoms with Crippen LogP contribution in [0.5, 0.6) is 5.88 Å². The fourth-order valence-corrected chi connectivity index (χ4v) is 3.11. The Morgan fingerprint density at radius 1 is 1.24 bits per heavy atom. The fraction of sp³-hybridized carbons (Fsp3) is 0.375. The molecule has 1 heterocycles. The summed E-state index contributed by atoms with van der Waals surface area (Å²) in [7, 11) is 0.102. The second-order valence-corrected chi connectivity index (χ2v) is 6.48. The van der Waals surface area contributed by atoms with Gasteiger partial charge in [0.25, 0.3) is 9.05 Å². The molecule has 120 valence electrons. The predicted molar refractivity (Wildman–Crippen MR) is 61.6 cm³/mol. The molecule has 0 aliphatic carbocycles. The topological polar surface area (TPSA) is 56.3 Å². The van der Waals surface area contributed by atoms with Crippen LogP contribution < -0.4 is 4.74 Å². The Labute approximate surface area is 126 Å². The number of nitrogens with zero attached hydrogens (tertiary/aromatic N) is 1. The number of alkyl halides is 7. The van der Waals surface area contributed by atoms with E-state index in [2.05, 4.69) is 25.7 Å². The standard InChI is InChI=1S/C8H3BrClF6NO3S/c9-2-3-1-4(7(11,12)13)17-6(20-8(14,15)16)5(3)21(10,18)19/h1H,2H2. The minimum Gasteiger partial charge on any atom is -0.386 e. The summed E-state index contributed by atoms with van der Waals surface area (Å²) < 4.78 is 99.9. The van der Waals surface area contributed by atoms with Gasteiger partial charge in [0.1, 0.15) is 10.6 Å². The Morgan fingerprint density at radius 3 is 2.10 bits per heavy atom. The average Bonchev–Trinajstić information content (AvgIpc) is 2.22. The van der Waals surface area contributed by atoms with Gasteiger partial charge in [-0.3, -0.25) is 0 Å². The molecule has 0 unspecified atom stereocenters. The van der Waals surface area contributed by atoms with Gasteiger partial charge in [-0.1, -0.05) is 15.9 Å². The average molecular weight is 423 g/mol. The molecule has 0 atom stereocenters. The smallest absolute Gasteiger partial charge is 0.386 e. The van der Waals surface area contributed by atoms with Gasteiger partial charge < -0.3 is 4.74 Å². The van der Waals surface area contributed by atoms with Gasteiger partial charge in [-0.05, 0) is 11.6 Å². The maximum absolute atomic E-state index is 12.5. The monoisotopic (exact) mass is 421 g/mol. The molecule has 0 spiro atoms. The molecule has 1 aromatic rings. The molecule has 0 radical (unpaired) electrons. The predicted octanol–water partition coefficient (Wildman–Crippen LogP) is 3.82. The van der Waals surface area contributed by atoms with Crippen LogP contribution in [0.4, 0.5) is 26.3 Å². The molecule has 0 saturated carbocycles. The van der Waals surface area contributed by atoms with Crippen molar-refractivity contribution in [1.82, 2.24) is 4.98 Å². The number of hydrogen-bond acceptors (Lipinski definition) is 4. The Hall–Kier alpha value is -0.750. The molecule has 13 heteroatoms. The minimum atomic E-state index is -5.45. The van der Waals surface area contributed by atoms with Crippen LogP contribution in [0.25, 0.3) is 0 Å². The van der Waals surface area contributed by atoms with Gasteiger partial charge >= 0.3 is 12.5 Å². The van der Waals surface area contributed by atoms with Crippen LogP contribution in [-0.2, 0) is 20.6 Å². The summed E-state index contributed by atoms with van der Waals surface area (Å²) in [4.78, 5) is 1.27. The molecular formula is C8H3BrClF6NO3S. The first kappa shape index (κ1) is 18.3. The Balaban J connectivity index is 3.69. The molecule has 0 saturated heterocycles. The molecule has 0 aromatic carbocycles. The van der Waals surface area contributed by atoms with Gasteiger partial charge in [0.15, 0.2) is 0 Å². The van der Waals surface area contributed by atoms with Gasteiger partial charge in [-0.2, -0.15) is 13.2 Å². The van der Waals surface area contributed by atoms with E-state index < -0.39 is 49.0 Å². The molecule has 0 aliphatic rings. The highest BCUT2D eigenvalue weighted by Crippen LogP contribution is 2.38. The maximum Gasteiger partial charge on any atom is 0.574 e. The molecule has 21 heavy (non-hydrogen) atoms. The van der Waals surface area contributed by atoms with E-state index in [1.54, 1.807) is 0 Å². The summed E-state index contributed by atoms with van der Waals surface area (Å²) in [5.74, 6) is -1.79. The summed E-state index contributed by atoms with van der Waals surface area (Å²) in [5, 5.41) is -0.520. The molecule has 0 N–H and O–H groups in total. The van der Waals surface area contributed by atoms with Gasteiger partial charge in [0, 0.05) is 16.0 Å². The maximum atomic E-state index is 12.5. The number of hydrogen-bond donors (Lipinski definition) is 0. The summed E-state index contributed by atoms with van der Waals surface area (Å²) >= 11 is 2.66. The van der Waals surface area contributed by atoms with Crippen LogP contribution in [0.3, 0.4) is 0 Å². The van der Waals surface area contributed by atoms with Crippen molar-refractivity contribution in [2.24, 2.45) is 0 Å². The molecule has 1 rings (SSSR count). The van der Waals surface area contributed by atoms with Crippen LogP contribution in [0.2, 0.25) is 0 Å². The molecule has 0 fully saturated rings. The van der Waals surface area contributed by atoms with Crippen molar-refractivity contribution in [3.63, 3.8) is 0 Å². The van der Waals surface area contributed by atoms with Gasteiger partial charge in [-0.25, -0.2) is 13.4 Å². The zero-order valence-corrected chi connectivity index (χ0v) is 12.5. The summed E-state index contributed by atoms with van der Waals surface area (Å²) in [6.07, 6.45) is -10.5. The third-order valence-electron chi connectivity index (χ3n) is 1.91. The second kappa shape index (κ2) is 5.80. The van der Waals surface area contributed by atoms with Gasteiger partial charge in [0.2, 0.25) is 5.88 Å². The zero-order chi connectivity index (χ0) is 16.6. The molecule has 0 amide bonds. The SMILES string of the molecule is O=S(=O)(Cl)c1c(CBr)cc(C(F)(F)F)nc1OC(F)(F)F. The largest absolute Gasteiger partial charge is 0.574 e. The Kier molecular flexibility index (Phi) is 5.05. The second-order valence-electron chi connectivity index (χ2n) is 3.42. The molecule has 0 bridgehead atoms. The normalized spacial score (nSPS) is 13.3. The highest BCUT2D eigenvalue weighted by Gasteiger charge is 2.40. The van der Waals surface area contributed by atoms with Crippen molar-refractivity contribution in [3.8, 4) is 5.88 Å². The van der Waals surface area contributed by atoms with Gasteiger partial charge in [-0.15, -0.1) is 13.2 Å². The fourth-order valence-electron chi connectivity index (χ4n) is 1.24. The Bertz CT molecular complexity index is 645. The van der Waals surface area contributed by atoms with Crippen molar-refractivity contribution in [2.75, 3.05) is 0 Å². The van der Waals surface area contributed by atoms with Gasteiger partial charge in [0.05, 0.1) is 0 Å². The van der Waals surface area contributed by atoms with Crippen molar-refractivity contribution < 1.29 is 39.5 Å². The van der Waals surface area contributed by atoms with Crippen molar-refractivity contribution in [2.45, 2.75) is 22.8 Å². The lowest BCUT2D eigenvalue weighted by atomic mass is 10.2. The highest BCUT2D eigenvalue weighted by atomic mass is 79.9. The lowest BCUT2D eigenvalue weighted by Crippen LogP contribution is -2.21. The van der Waals surface area contributed by atoms with E-state index in [0.717, 1.165) is 0 Å². The summed E-state index contributed by atoms with van der Waals surface area (Å²) in [6.45, 7) is 0. The Morgan fingerprint density at radius 2 is 1.76 bits per heavy atom. The lowest BCUT2D eigenvalue weighted by molar-refractivity contribution is -0.277. The van der Waals surface area contributed by atoms with Crippen LogP contribution in [-0.4, -0.2) is 19.8 Å². The van der Waals surface area contributed by atoms with Crippen molar-refractivity contribution >= 4 is 35.7 Å². The quantitative estimate of drug-likeness (QED) is 0.422. The number of aromatic nitrogens is 1. The lowest BCUT2D eigenvalue weighted by Gasteiger charge is -2.15. The third-order valence-corrected chi connectivity index (χ3v) is 3.90. The van der Waals surface area contributed by atoms with Crippen molar-refractivity contribution in [3.05, 3.63) is 17.3 Å². The van der Waals surface area contributed by atoms with Crippen LogP contribution in [0, 0.1) is 0 Å². The number of ether oxygens (including phenoxy) is 1. The first-order valence-corrected chi connectivity index (χ1v) is 8.06. The van der Waals surface area contributed by atoms with Crippen molar-refractivity contribution in [1.29, 1.82) is 0 Å².